The SMILES string of the molecule is Fc1ccc(/C=C\c2nc3ccccc3[nH]2)cc1. The molecule has 0 aliphatic carbocycles. The first-order chi connectivity index (χ1) is 8.81. The zero-order chi connectivity index (χ0) is 12.4. The van der Waals surface area contributed by atoms with Crippen LogP contribution in [0.4, 0.5) is 4.39 Å². The van der Waals surface area contributed by atoms with Crippen molar-refractivity contribution in [3.8, 4) is 0 Å². The van der Waals surface area contributed by atoms with Crippen LogP contribution in [0.2, 0.25) is 0 Å². The summed E-state index contributed by atoms with van der Waals surface area (Å²) in [5.41, 5.74) is 2.89. The van der Waals surface area contributed by atoms with Crippen LogP contribution in [0.1, 0.15) is 11.4 Å². The van der Waals surface area contributed by atoms with E-state index in [4.69, 9.17) is 0 Å². The van der Waals surface area contributed by atoms with Gasteiger partial charge in [0.15, 0.2) is 0 Å². The first kappa shape index (κ1) is 10.7. The third-order valence-corrected chi connectivity index (χ3v) is 2.71. The van der Waals surface area contributed by atoms with Crippen molar-refractivity contribution in [1.29, 1.82) is 0 Å². The highest BCUT2D eigenvalue weighted by atomic mass is 19.1. The Morgan fingerprint density at radius 3 is 2.50 bits per heavy atom. The van der Waals surface area contributed by atoms with Gasteiger partial charge in [0.25, 0.3) is 0 Å². The molecule has 0 saturated carbocycles. The number of imidazole rings is 1. The Kier molecular flexibility index (Phi) is 2.65. The molecule has 0 saturated heterocycles. The molecule has 0 aliphatic rings. The van der Waals surface area contributed by atoms with Crippen LogP contribution in [-0.2, 0) is 0 Å². The second-order valence-corrected chi connectivity index (χ2v) is 4.02. The molecule has 2 aromatic carbocycles. The lowest BCUT2D eigenvalue weighted by atomic mass is 10.2. The minimum atomic E-state index is -0.226. The number of aromatic amines is 1. The topological polar surface area (TPSA) is 28.7 Å². The monoisotopic (exact) mass is 238 g/mol. The predicted octanol–water partition coefficient (Wildman–Crippen LogP) is 3.87. The Hall–Kier alpha value is -2.42. The summed E-state index contributed by atoms with van der Waals surface area (Å²) < 4.78 is 12.7. The van der Waals surface area contributed by atoms with Gasteiger partial charge in [-0.2, -0.15) is 0 Å². The van der Waals surface area contributed by atoms with E-state index < -0.39 is 0 Å². The van der Waals surface area contributed by atoms with Gasteiger partial charge in [-0.1, -0.05) is 30.3 Å². The zero-order valence-electron chi connectivity index (χ0n) is 9.60. The molecule has 88 valence electrons. The van der Waals surface area contributed by atoms with E-state index >= 15 is 0 Å². The number of para-hydroxylation sites is 2. The number of hydrogen-bond acceptors (Lipinski definition) is 1. The normalized spacial score (nSPS) is 11.4. The smallest absolute Gasteiger partial charge is 0.131 e. The van der Waals surface area contributed by atoms with Gasteiger partial charge < -0.3 is 4.98 Å². The highest BCUT2D eigenvalue weighted by Gasteiger charge is 1.97. The summed E-state index contributed by atoms with van der Waals surface area (Å²) in [5, 5.41) is 0. The van der Waals surface area contributed by atoms with Crippen LogP contribution >= 0.6 is 0 Å². The van der Waals surface area contributed by atoms with Gasteiger partial charge in [0.05, 0.1) is 11.0 Å². The van der Waals surface area contributed by atoms with E-state index in [1.807, 2.05) is 36.4 Å². The molecule has 1 N–H and O–H groups in total. The molecule has 3 rings (SSSR count). The van der Waals surface area contributed by atoms with Crippen molar-refractivity contribution in [2.45, 2.75) is 0 Å². The minimum absolute atomic E-state index is 0.226. The Balaban J connectivity index is 1.89. The highest BCUT2D eigenvalue weighted by Crippen LogP contribution is 2.12. The molecule has 0 aliphatic heterocycles. The molecule has 1 aromatic heterocycles. The molecule has 2 nitrogen and oxygen atoms in total. The molecular weight excluding hydrogens is 227 g/mol. The summed E-state index contributed by atoms with van der Waals surface area (Å²) in [4.78, 5) is 7.63. The number of aromatic nitrogens is 2. The number of nitrogens with one attached hydrogen (secondary N) is 1. The molecule has 0 unspecified atom stereocenters. The van der Waals surface area contributed by atoms with Crippen LogP contribution in [0.15, 0.2) is 48.5 Å². The number of benzene rings is 2. The van der Waals surface area contributed by atoms with E-state index in [2.05, 4.69) is 9.97 Å². The number of halogens is 1. The van der Waals surface area contributed by atoms with Gasteiger partial charge in [0, 0.05) is 0 Å². The van der Waals surface area contributed by atoms with E-state index in [-0.39, 0.29) is 5.82 Å². The largest absolute Gasteiger partial charge is 0.338 e. The van der Waals surface area contributed by atoms with Crippen molar-refractivity contribution in [3.63, 3.8) is 0 Å². The highest BCUT2D eigenvalue weighted by molar-refractivity contribution is 5.78. The summed E-state index contributed by atoms with van der Waals surface area (Å²) in [6.45, 7) is 0. The van der Waals surface area contributed by atoms with Crippen LogP contribution in [0.5, 0.6) is 0 Å². The molecule has 0 bridgehead atoms. The number of nitrogens with zero attached hydrogens (tertiary/aromatic N) is 1. The maximum atomic E-state index is 12.7. The summed E-state index contributed by atoms with van der Waals surface area (Å²) in [6.07, 6.45) is 3.78. The molecule has 1 heterocycles. The second-order valence-electron chi connectivity index (χ2n) is 4.02. The van der Waals surface area contributed by atoms with Crippen molar-refractivity contribution >= 4 is 23.2 Å². The summed E-state index contributed by atoms with van der Waals surface area (Å²) >= 11 is 0. The standard InChI is InChI=1S/C15H11FN2/c16-12-8-5-11(6-9-12)7-10-15-17-13-3-1-2-4-14(13)18-15/h1-10H,(H,17,18)/b10-7-. The molecule has 0 spiro atoms. The minimum Gasteiger partial charge on any atom is -0.338 e. The summed E-state index contributed by atoms with van der Waals surface area (Å²) in [5.74, 6) is 0.566. The molecule has 0 amide bonds. The first-order valence-electron chi connectivity index (χ1n) is 5.70. The Bertz CT molecular complexity index is 663. The lowest BCUT2D eigenvalue weighted by Gasteiger charge is -1.91. The average molecular weight is 238 g/mol. The Morgan fingerprint density at radius 2 is 1.72 bits per heavy atom. The first-order valence-corrected chi connectivity index (χ1v) is 5.70. The van der Waals surface area contributed by atoms with Crippen molar-refractivity contribution in [3.05, 3.63) is 65.7 Å². The zero-order valence-corrected chi connectivity index (χ0v) is 9.60. The maximum Gasteiger partial charge on any atom is 0.131 e. The summed E-state index contributed by atoms with van der Waals surface area (Å²) in [7, 11) is 0. The van der Waals surface area contributed by atoms with Crippen LogP contribution < -0.4 is 0 Å². The molecular formula is C15H11FN2. The molecule has 0 atom stereocenters. The Labute approximate surface area is 104 Å². The lowest BCUT2D eigenvalue weighted by molar-refractivity contribution is 0.628. The number of hydrogen-bond donors (Lipinski definition) is 1. The molecule has 0 fully saturated rings. The van der Waals surface area contributed by atoms with E-state index in [1.165, 1.54) is 12.1 Å². The van der Waals surface area contributed by atoms with Gasteiger partial charge in [-0.25, -0.2) is 9.37 Å². The third kappa shape index (κ3) is 2.15. The van der Waals surface area contributed by atoms with Crippen molar-refractivity contribution in [2.75, 3.05) is 0 Å². The van der Waals surface area contributed by atoms with Gasteiger partial charge in [-0.3, -0.25) is 0 Å². The fraction of sp³-hybridized carbons (Fsp3) is 0. The van der Waals surface area contributed by atoms with E-state index in [0.29, 0.717) is 0 Å². The maximum absolute atomic E-state index is 12.7. The lowest BCUT2D eigenvalue weighted by Crippen LogP contribution is -1.76. The van der Waals surface area contributed by atoms with Crippen molar-refractivity contribution in [1.82, 2.24) is 9.97 Å². The van der Waals surface area contributed by atoms with E-state index in [0.717, 1.165) is 22.4 Å². The molecule has 3 aromatic rings. The fourth-order valence-corrected chi connectivity index (χ4v) is 1.80. The fourth-order valence-electron chi connectivity index (χ4n) is 1.80. The number of fused-ring (bicyclic) bond motifs is 1. The van der Waals surface area contributed by atoms with Crippen LogP contribution in [-0.4, -0.2) is 9.97 Å². The third-order valence-electron chi connectivity index (χ3n) is 2.71. The second kappa shape index (κ2) is 4.45. The van der Waals surface area contributed by atoms with Gasteiger partial charge >= 0.3 is 0 Å². The predicted molar refractivity (Wildman–Crippen MR) is 71.4 cm³/mol. The molecule has 3 heteroatoms. The average Bonchev–Trinajstić information content (AvgIpc) is 2.81. The van der Waals surface area contributed by atoms with Gasteiger partial charge in [-0.05, 0) is 35.9 Å². The van der Waals surface area contributed by atoms with Crippen LogP contribution in [0, 0.1) is 5.82 Å². The quantitative estimate of drug-likeness (QED) is 0.721. The van der Waals surface area contributed by atoms with E-state index in [1.54, 1.807) is 12.1 Å². The molecule has 0 radical (unpaired) electrons. The Morgan fingerprint density at radius 1 is 0.944 bits per heavy atom. The van der Waals surface area contributed by atoms with Crippen molar-refractivity contribution in [2.24, 2.45) is 0 Å². The van der Waals surface area contributed by atoms with Crippen LogP contribution in [0.25, 0.3) is 23.2 Å². The van der Waals surface area contributed by atoms with E-state index in [9.17, 15) is 4.39 Å². The number of rotatable bonds is 2. The summed E-state index contributed by atoms with van der Waals surface area (Å²) in [6, 6.07) is 14.2. The molecule has 18 heavy (non-hydrogen) atoms. The van der Waals surface area contributed by atoms with Gasteiger partial charge in [0.1, 0.15) is 11.6 Å². The van der Waals surface area contributed by atoms with Crippen molar-refractivity contribution < 1.29 is 4.39 Å². The van der Waals surface area contributed by atoms with Crippen LogP contribution in [0.3, 0.4) is 0 Å². The number of H-pyrrole nitrogens is 1. The van der Waals surface area contributed by atoms with Gasteiger partial charge in [0.2, 0.25) is 0 Å². The van der Waals surface area contributed by atoms with Gasteiger partial charge in [-0.15, -0.1) is 0 Å².